The number of piperazine rings is 1. The van der Waals surface area contributed by atoms with E-state index in [0.29, 0.717) is 11.9 Å². The van der Waals surface area contributed by atoms with Crippen LogP contribution < -0.4 is 10.2 Å². The lowest BCUT2D eigenvalue weighted by molar-refractivity contribution is -0.125. The lowest BCUT2D eigenvalue weighted by Crippen LogP contribution is -2.59. The minimum absolute atomic E-state index is 0.00380. The number of rotatable bonds is 3. The van der Waals surface area contributed by atoms with Crippen LogP contribution >= 0.6 is 0 Å². The zero-order valence-electron chi connectivity index (χ0n) is 16.7. The second kappa shape index (κ2) is 7.34. The number of carbonyl (C=O) groups is 1. The van der Waals surface area contributed by atoms with Crippen molar-refractivity contribution in [2.24, 2.45) is 0 Å². The van der Waals surface area contributed by atoms with Crippen LogP contribution in [0.25, 0.3) is 0 Å². The Morgan fingerprint density at radius 1 is 1.04 bits per heavy atom. The molecular formula is C24H29N3O. The molecule has 3 heterocycles. The summed E-state index contributed by atoms with van der Waals surface area (Å²) >= 11 is 0. The number of nitrogens with one attached hydrogen (secondary N) is 1. The number of amides is 1. The van der Waals surface area contributed by atoms with Gasteiger partial charge in [0, 0.05) is 32.2 Å². The summed E-state index contributed by atoms with van der Waals surface area (Å²) in [4.78, 5) is 18.2. The molecule has 3 aliphatic heterocycles. The Balaban J connectivity index is 1.41. The summed E-state index contributed by atoms with van der Waals surface area (Å²) in [6.07, 6.45) is 3.92. The number of para-hydroxylation sites is 1. The molecule has 5 rings (SSSR count). The van der Waals surface area contributed by atoms with Crippen LogP contribution in [0.5, 0.6) is 0 Å². The average Bonchev–Trinajstić information content (AvgIpc) is 3.09. The Kier molecular flexibility index (Phi) is 4.69. The second-order valence-electron chi connectivity index (χ2n) is 8.50. The maximum atomic E-state index is 13.6. The molecule has 0 aliphatic carbocycles. The summed E-state index contributed by atoms with van der Waals surface area (Å²) < 4.78 is 0. The minimum Gasteiger partial charge on any atom is -0.314 e. The van der Waals surface area contributed by atoms with Crippen molar-refractivity contribution in [3.05, 3.63) is 64.7 Å². The molecule has 2 aromatic carbocycles. The molecule has 2 unspecified atom stereocenters. The van der Waals surface area contributed by atoms with E-state index in [1.54, 1.807) is 0 Å². The van der Waals surface area contributed by atoms with Crippen molar-refractivity contribution in [2.75, 3.05) is 31.1 Å². The predicted octanol–water partition coefficient (Wildman–Crippen LogP) is 2.72. The van der Waals surface area contributed by atoms with Crippen molar-refractivity contribution >= 4 is 11.6 Å². The molecule has 146 valence electrons. The first-order valence-electron chi connectivity index (χ1n) is 10.6. The van der Waals surface area contributed by atoms with E-state index in [0.717, 1.165) is 51.9 Å². The number of hydrogen-bond donors (Lipinski definition) is 1. The van der Waals surface area contributed by atoms with Crippen molar-refractivity contribution in [1.29, 1.82) is 0 Å². The molecule has 3 aliphatic rings. The van der Waals surface area contributed by atoms with Crippen LogP contribution in [0.1, 0.15) is 28.7 Å². The fraction of sp³-hybridized carbons (Fsp3) is 0.458. The molecule has 0 saturated carbocycles. The Morgan fingerprint density at radius 3 is 2.64 bits per heavy atom. The van der Waals surface area contributed by atoms with E-state index in [9.17, 15) is 4.79 Å². The SMILES string of the molecule is Cc1ccc(CC2CNCCN2C2CCc3cccc4c3N(CC4)C2=O)cc1. The summed E-state index contributed by atoms with van der Waals surface area (Å²) in [5.74, 6) is 0.319. The van der Waals surface area contributed by atoms with Gasteiger partial charge in [0.15, 0.2) is 0 Å². The van der Waals surface area contributed by atoms with Gasteiger partial charge in [-0.3, -0.25) is 9.69 Å². The van der Waals surface area contributed by atoms with Gasteiger partial charge in [-0.1, -0.05) is 48.0 Å². The normalized spacial score (nSPS) is 24.9. The highest BCUT2D eigenvalue weighted by atomic mass is 16.2. The molecule has 1 amide bonds. The van der Waals surface area contributed by atoms with Gasteiger partial charge in [0.2, 0.25) is 5.91 Å². The molecule has 1 fully saturated rings. The molecule has 1 N–H and O–H groups in total. The molecule has 4 nitrogen and oxygen atoms in total. The van der Waals surface area contributed by atoms with Crippen LogP contribution in [0.2, 0.25) is 0 Å². The summed E-state index contributed by atoms with van der Waals surface area (Å²) in [6.45, 7) is 5.84. The third-order valence-electron chi connectivity index (χ3n) is 6.70. The van der Waals surface area contributed by atoms with Crippen LogP contribution in [0.15, 0.2) is 42.5 Å². The Labute approximate surface area is 167 Å². The monoisotopic (exact) mass is 375 g/mol. The number of aryl methyl sites for hydroxylation is 2. The molecule has 2 atom stereocenters. The number of hydrogen-bond acceptors (Lipinski definition) is 3. The van der Waals surface area contributed by atoms with E-state index in [1.807, 2.05) is 0 Å². The third kappa shape index (κ3) is 3.15. The number of nitrogens with zero attached hydrogens (tertiary/aromatic N) is 2. The van der Waals surface area contributed by atoms with Gasteiger partial charge in [0.1, 0.15) is 0 Å². The Morgan fingerprint density at radius 2 is 1.82 bits per heavy atom. The largest absolute Gasteiger partial charge is 0.314 e. The lowest BCUT2D eigenvalue weighted by atomic mass is 9.97. The summed E-state index contributed by atoms with van der Waals surface area (Å²) in [5, 5.41) is 3.55. The van der Waals surface area contributed by atoms with Gasteiger partial charge < -0.3 is 10.2 Å². The van der Waals surface area contributed by atoms with Crippen LogP contribution in [0.4, 0.5) is 5.69 Å². The van der Waals surface area contributed by atoms with Crippen molar-refractivity contribution in [3.8, 4) is 0 Å². The topological polar surface area (TPSA) is 35.6 Å². The smallest absolute Gasteiger partial charge is 0.244 e. The maximum absolute atomic E-state index is 13.6. The highest BCUT2D eigenvalue weighted by Gasteiger charge is 2.40. The highest BCUT2D eigenvalue weighted by molar-refractivity contribution is 6.00. The number of carbonyl (C=O) groups excluding carboxylic acids is 1. The molecule has 0 radical (unpaired) electrons. The van der Waals surface area contributed by atoms with E-state index in [-0.39, 0.29) is 6.04 Å². The van der Waals surface area contributed by atoms with Gasteiger partial charge in [-0.05, 0) is 49.3 Å². The van der Waals surface area contributed by atoms with Crippen LogP contribution in [0, 0.1) is 6.92 Å². The quantitative estimate of drug-likeness (QED) is 0.896. The number of anilines is 1. The van der Waals surface area contributed by atoms with E-state index >= 15 is 0 Å². The molecule has 4 heteroatoms. The first kappa shape index (κ1) is 17.9. The second-order valence-corrected chi connectivity index (χ2v) is 8.50. The minimum atomic E-state index is -0.00380. The summed E-state index contributed by atoms with van der Waals surface area (Å²) in [5.41, 5.74) is 6.58. The number of benzene rings is 2. The molecular weight excluding hydrogens is 346 g/mol. The predicted molar refractivity (Wildman–Crippen MR) is 113 cm³/mol. The Bertz CT molecular complexity index is 876. The zero-order chi connectivity index (χ0) is 19.1. The standard InChI is InChI=1S/C24H29N3O/c1-17-5-7-18(8-6-17)15-21-16-25-12-14-26(21)22-10-9-19-3-2-4-20-11-13-27(23(19)20)24(22)28/h2-8,21-22,25H,9-16H2,1H3. The highest BCUT2D eigenvalue weighted by Crippen LogP contribution is 2.37. The van der Waals surface area contributed by atoms with E-state index in [1.165, 1.54) is 27.9 Å². The van der Waals surface area contributed by atoms with Gasteiger partial charge in [0.05, 0.1) is 11.7 Å². The van der Waals surface area contributed by atoms with Gasteiger partial charge in [-0.15, -0.1) is 0 Å². The zero-order valence-corrected chi connectivity index (χ0v) is 16.7. The van der Waals surface area contributed by atoms with Crippen LogP contribution in [-0.2, 0) is 24.1 Å². The van der Waals surface area contributed by atoms with Gasteiger partial charge in [-0.25, -0.2) is 0 Å². The third-order valence-corrected chi connectivity index (χ3v) is 6.70. The van der Waals surface area contributed by atoms with E-state index in [2.05, 4.69) is 64.5 Å². The van der Waals surface area contributed by atoms with Crippen molar-refractivity contribution < 1.29 is 4.79 Å². The van der Waals surface area contributed by atoms with Crippen molar-refractivity contribution in [2.45, 2.75) is 44.7 Å². The molecule has 0 bridgehead atoms. The maximum Gasteiger partial charge on any atom is 0.244 e. The van der Waals surface area contributed by atoms with E-state index in [4.69, 9.17) is 0 Å². The first-order chi connectivity index (χ1) is 13.7. The van der Waals surface area contributed by atoms with Gasteiger partial charge in [-0.2, -0.15) is 0 Å². The summed E-state index contributed by atoms with van der Waals surface area (Å²) in [7, 11) is 0. The molecule has 1 saturated heterocycles. The molecule has 0 aromatic heterocycles. The van der Waals surface area contributed by atoms with Crippen molar-refractivity contribution in [3.63, 3.8) is 0 Å². The Hall–Kier alpha value is -2.17. The van der Waals surface area contributed by atoms with Gasteiger partial charge >= 0.3 is 0 Å². The van der Waals surface area contributed by atoms with Gasteiger partial charge in [0.25, 0.3) is 0 Å². The average molecular weight is 376 g/mol. The fourth-order valence-corrected chi connectivity index (χ4v) is 5.24. The summed E-state index contributed by atoms with van der Waals surface area (Å²) in [6, 6.07) is 15.8. The van der Waals surface area contributed by atoms with Crippen molar-refractivity contribution in [1.82, 2.24) is 10.2 Å². The van der Waals surface area contributed by atoms with Crippen LogP contribution in [-0.4, -0.2) is 49.1 Å². The molecule has 0 spiro atoms. The van der Waals surface area contributed by atoms with E-state index < -0.39 is 0 Å². The first-order valence-corrected chi connectivity index (χ1v) is 10.6. The molecule has 28 heavy (non-hydrogen) atoms. The lowest BCUT2D eigenvalue weighted by Gasteiger charge is -2.41. The molecule has 2 aromatic rings. The fourth-order valence-electron chi connectivity index (χ4n) is 5.24. The van der Waals surface area contributed by atoms with Crippen LogP contribution in [0.3, 0.4) is 0 Å².